The van der Waals surface area contributed by atoms with Crippen LogP contribution in [0.2, 0.25) is 0 Å². The predicted octanol–water partition coefficient (Wildman–Crippen LogP) is 1.86. The lowest BCUT2D eigenvalue weighted by atomic mass is 10.2. The van der Waals surface area contributed by atoms with Crippen molar-refractivity contribution in [2.24, 2.45) is 5.73 Å². The highest BCUT2D eigenvalue weighted by Gasteiger charge is 2.23. The van der Waals surface area contributed by atoms with E-state index in [1.807, 2.05) is 11.2 Å². The molecule has 1 saturated heterocycles. The molecular weight excluding hydrogens is 302 g/mol. The molecule has 1 amide bonds. The van der Waals surface area contributed by atoms with Crippen LogP contribution in [0.5, 0.6) is 0 Å². The number of rotatable bonds is 6. The van der Waals surface area contributed by atoms with E-state index in [1.54, 1.807) is 23.1 Å². The number of carbonyl (C=O) groups is 1. The van der Waals surface area contributed by atoms with Gasteiger partial charge in [0.2, 0.25) is 5.91 Å². The minimum atomic E-state index is -0.332. The Hall–Kier alpha value is -0.560. The van der Waals surface area contributed by atoms with E-state index in [1.165, 1.54) is 4.88 Å². The van der Waals surface area contributed by atoms with Gasteiger partial charge in [-0.2, -0.15) is 11.8 Å². The van der Waals surface area contributed by atoms with E-state index in [2.05, 4.69) is 22.4 Å². The Kier molecular flexibility index (Phi) is 7.03. The molecule has 1 atom stereocenters. The summed E-state index contributed by atoms with van der Waals surface area (Å²) in [7, 11) is 0. The van der Waals surface area contributed by atoms with Crippen LogP contribution in [-0.4, -0.2) is 59.9 Å². The molecule has 0 aromatic carbocycles. The van der Waals surface area contributed by atoms with E-state index in [9.17, 15) is 4.79 Å². The average Bonchev–Trinajstić information content (AvgIpc) is 2.89. The molecule has 118 valence electrons. The van der Waals surface area contributed by atoms with Crippen LogP contribution in [0.4, 0.5) is 0 Å². The Morgan fingerprint density at radius 1 is 1.43 bits per heavy atom. The van der Waals surface area contributed by atoms with Gasteiger partial charge in [-0.05, 0) is 36.3 Å². The molecule has 1 aromatic rings. The standard InChI is InChI=1S/C15H25N3OS2/c1-20-11-5-14(16)15(19)18-7-3-6-17(8-9-18)12-13-4-2-10-21-13/h2,4,10,14H,3,5-9,11-12,16H2,1H3/t14-/m1/s1. The lowest BCUT2D eigenvalue weighted by Gasteiger charge is -2.24. The van der Waals surface area contributed by atoms with Gasteiger partial charge in [-0.1, -0.05) is 6.07 Å². The Labute approximate surface area is 135 Å². The number of carbonyl (C=O) groups excluding carboxylic acids is 1. The van der Waals surface area contributed by atoms with E-state index in [-0.39, 0.29) is 11.9 Å². The van der Waals surface area contributed by atoms with Crippen molar-refractivity contribution in [3.63, 3.8) is 0 Å². The third-order valence-corrected chi connectivity index (χ3v) is 5.32. The van der Waals surface area contributed by atoms with E-state index < -0.39 is 0 Å². The normalized spacial score (nSPS) is 18.5. The zero-order chi connectivity index (χ0) is 15.1. The number of hydrogen-bond donors (Lipinski definition) is 1. The van der Waals surface area contributed by atoms with Gasteiger partial charge in [0.05, 0.1) is 6.04 Å². The summed E-state index contributed by atoms with van der Waals surface area (Å²) in [5.41, 5.74) is 6.01. The summed E-state index contributed by atoms with van der Waals surface area (Å²) in [6.07, 6.45) is 3.85. The highest BCUT2D eigenvalue weighted by Crippen LogP contribution is 2.14. The Morgan fingerprint density at radius 2 is 2.29 bits per heavy atom. The first-order valence-electron chi connectivity index (χ1n) is 7.48. The van der Waals surface area contributed by atoms with Gasteiger partial charge in [-0.3, -0.25) is 9.69 Å². The Balaban J connectivity index is 1.81. The molecule has 1 aliphatic rings. The number of nitrogens with two attached hydrogens (primary N) is 1. The van der Waals surface area contributed by atoms with Crippen molar-refractivity contribution < 1.29 is 4.79 Å². The molecule has 0 spiro atoms. The molecule has 6 heteroatoms. The molecule has 0 unspecified atom stereocenters. The molecule has 2 N–H and O–H groups in total. The van der Waals surface area contributed by atoms with Crippen LogP contribution >= 0.6 is 23.1 Å². The summed E-state index contributed by atoms with van der Waals surface area (Å²) in [4.78, 5) is 18.1. The molecule has 0 radical (unpaired) electrons. The summed E-state index contributed by atoms with van der Waals surface area (Å²) in [6.45, 7) is 4.64. The van der Waals surface area contributed by atoms with Crippen molar-refractivity contribution >= 4 is 29.0 Å². The quantitative estimate of drug-likeness (QED) is 0.866. The van der Waals surface area contributed by atoms with Crippen molar-refractivity contribution in [2.75, 3.05) is 38.2 Å². The zero-order valence-corrected chi connectivity index (χ0v) is 14.3. The topological polar surface area (TPSA) is 49.6 Å². The van der Waals surface area contributed by atoms with E-state index >= 15 is 0 Å². The van der Waals surface area contributed by atoms with Crippen molar-refractivity contribution in [3.05, 3.63) is 22.4 Å². The second kappa shape index (κ2) is 8.78. The lowest BCUT2D eigenvalue weighted by molar-refractivity contribution is -0.132. The van der Waals surface area contributed by atoms with Gasteiger partial charge < -0.3 is 10.6 Å². The van der Waals surface area contributed by atoms with Crippen LogP contribution < -0.4 is 5.73 Å². The van der Waals surface area contributed by atoms with Crippen LogP contribution in [0.25, 0.3) is 0 Å². The number of amides is 1. The Bertz CT molecular complexity index is 425. The summed E-state index contributed by atoms with van der Waals surface area (Å²) >= 11 is 3.54. The largest absolute Gasteiger partial charge is 0.340 e. The maximum Gasteiger partial charge on any atom is 0.239 e. The van der Waals surface area contributed by atoms with Gasteiger partial charge in [0, 0.05) is 37.6 Å². The monoisotopic (exact) mass is 327 g/mol. The van der Waals surface area contributed by atoms with Crippen molar-refractivity contribution in [3.8, 4) is 0 Å². The van der Waals surface area contributed by atoms with Crippen molar-refractivity contribution in [2.45, 2.75) is 25.4 Å². The number of thiophene rings is 1. The van der Waals surface area contributed by atoms with Gasteiger partial charge in [-0.15, -0.1) is 11.3 Å². The van der Waals surface area contributed by atoms with Gasteiger partial charge >= 0.3 is 0 Å². The fourth-order valence-corrected chi connectivity index (χ4v) is 3.81. The number of thioether (sulfide) groups is 1. The summed E-state index contributed by atoms with van der Waals surface area (Å²) in [5.74, 6) is 1.08. The highest BCUT2D eigenvalue weighted by molar-refractivity contribution is 7.98. The first-order chi connectivity index (χ1) is 10.2. The summed E-state index contributed by atoms with van der Waals surface area (Å²) in [6, 6.07) is 3.94. The molecule has 1 aliphatic heterocycles. The second-order valence-electron chi connectivity index (χ2n) is 5.42. The number of nitrogens with zero attached hydrogens (tertiary/aromatic N) is 2. The zero-order valence-electron chi connectivity index (χ0n) is 12.7. The molecule has 1 fully saturated rings. The molecular formula is C15H25N3OS2. The highest BCUT2D eigenvalue weighted by atomic mass is 32.2. The maximum atomic E-state index is 12.4. The predicted molar refractivity (Wildman–Crippen MR) is 91.8 cm³/mol. The van der Waals surface area contributed by atoms with Crippen molar-refractivity contribution in [1.82, 2.24) is 9.80 Å². The Morgan fingerprint density at radius 3 is 3.00 bits per heavy atom. The van der Waals surface area contributed by atoms with Gasteiger partial charge in [0.1, 0.15) is 0 Å². The van der Waals surface area contributed by atoms with Gasteiger partial charge in [-0.25, -0.2) is 0 Å². The third-order valence-electron chi connectivity index (χ3n) is 3.81. The minimum absolute atomic E-state index is 0.127. The molecule has 4 nitrogen and oxygen atoms in total. The third kappa shape index (κ3) is 5.29. The smallest absolute Gasteiger partial charge is 0.239 e. The van der Waals surface area contributed by atoms with Crippen LogP contribution in [0.3, 0.4) is 0 Å². The summed E-state index contributed by atoms with van der Waals surface area (Å²) in [5, 5.41) is 2.12. The first-order valence-corrected chi connectivity index (χ1v) is 9.76. The fourth-order valence-electron chi connectivity index (χ4n) is 2.58. The number of hydrogen-bond acceptors (Lipinski definition) is 5. The van der Waals surface area contributed by atoms with Crippen LogP contribution in [0.1, 0.15) is 17.7 Å². The molecule has 0 saturated carbocycles. The first kappa shape index (κ1) is 16.8. The molecule has 1 aromatic heterocycles. The van der Waals surface area contributed by atoms with E-state index in [4.69, 9.17) is 5.73 Å². The van der Waals surface area contributed by atoms with Gasteiger partial charge in [0.25, 0.3) is 0 Å². The van der Waals surface area contributed by atoms with E-state index in [0.29, 0.717) is 0 Å². The lowest BCUT2D eigenvalue weighted by Crippen LogP contribution is -2.45. The molecule has 0 bridgehead atoms. The van der Waals surface area contributed by atoms with Crippen molar-refractivity contribution in [1.29, 1.82) is 0 Å². The molecule has 2 rings (SSSR count). The molecule has 2 heterocycles. The SMILES string of the molecule is CSCC[C@@H](N)C(=O)N1CCCN(Cc2cccs2)CC1. The average molecular weight is 328 g/mol. The molecule has 0 aliphatic carbocycles. The second-order valence-corrected chi connectivity index (χ2v) is 7.44. The van der Waals surface area contributed by atoms with Crippen LogP contribution in [0, 0.1) is 0 Å². The maximum absolute atomic E-state index is 12.4. The van der Waals surface area contributed by atoms with Crippen LogP contribution in [0.15, 0.2) is 17.5 Å². The summed E-state index contributed by atoms with van der Waals surface area (Å²) < 4.78 is 0. The molecule has 21 heavy (non-hydrogen) atoms. The van der Waals surface area contributed by atoms with Gasteiger partial charge in [0.15, 0.2) is 0 Å². The van der Waals surface area contributed by atoms with E-state index in [0.717, 1.165) is 51.3 Å². The van der Waals surface area contributed by atoms with Crippen LogP contribution in [-0.2, 0) is 11.3 Å². The minimum Gasteiger partial charge on any atom is -0.340 e. The fraction of sp³-hybridized carbons (Fsp3) is 0.667.